The van der Waals surface area contributed by atoms with Crippen LogP contribution in [0.15, 0.2) is 24.3 Å². The van der Waals surface area contributed by atoms with E-state index in [1.165, 1.54) is 32.1 Å². The predicted molar refractivity (Wildman–Crippen MR) is 86.6 cm³/mol. The molecule has 2 atom stereocenters. The van der Waals surface area contributed by atoms with Crippen molar-refractivity contribution in [3.63, 3.8) is 0 Å². The lowest BCUT2D eigenvalue weighted by molar-refractivity contribution is -0.118. The predicted octanol–water partition coefficient (Wildman–Crippen LogP) is 3.79. The number of nitrogens with one attached hydrogen (secondary N) is 1. The van der Waals surface area contributed by atoms with Gasteiger partial charge in [0.25, 0.3) is 0 Å². The van der Waals surface area contributed by atoms with Crippen LogP contribution in [0.2, 0.25) is 5.02 Å². The summed E-state index contributed by atoms with van der Waals surface area (Å²) in [6.45, 7) is 2.65. The number of piperidine rings is 1. The van der Waals surface area contributed by atoms with Crippen molar-refractivity contribution < 1.29 is 4.79 Å². The van der Waals surface area contributed by atoms with Gasteiger partial charge in [-0.15, -0.1) is 0 Å². The van der Waals surface area contributed by atoms with Gasteiger partial charge in [-0.2, -0.15) is 0 Å². The highest BCUT2D eigenvalue weighted by atomic mass is 35.5. The number of carbonyl (C=O) groups excluding carboxylic acids is 1. The standard InChI is InChI=1S/C17H23ClN2O/c18-15-6-3-7-16(10-15)19-17(21)12-20-9-8-13-4-1-2-5-14(13)11-20/h3,6-7,10,13-14H,1-2,4-5,8-9,11-12H2,(H,19,21)/t13-,14+/m0/s1. The molecule has 3 nitrogen and oxygen atoms in total. The maximum atomic E-state index is 12.2. The maximum Gasteiger partial charge on any atom is 0.238 e. The molecule has 0 spiro atoms. The van der Waals surface area contributed by atoms with E-state index in [4.69, 9.17) is 11.6 Å². The molecule has 1 heterocycles. The Morgan fingerprint density at radius 2 is 2.05 bits per heavy atom. The summed E-state index contributed by atoms with van der Waals surface area (Å²) in [7, 11) is 0. The van der Waals surface area contributed by atoms with Crippen LogP contribution in [0.5, 0.6) is 0 Å². The molecule has 1 aromatic carbocycles. The number of likely N-dealkylation sites (tertiary alicyclic amines) is 1. The van der Waals surface area contributed by atoms with E-state index in [9.17, 15) is 4.79 Å². The molecule has 0 bridgehead atoms. The van der Waals surface area contributed by atoms with Crippen molar-refractivity contribution in [2.24, 2.45) is 11.8 Å². The summed E-state index contributed by atoms with van der Waals surface area (Å²) in [5.41, 5.74) is 0.778. The summed E-state index contributed by atoms with van der Waals surface area (Å²) in [6.07, 6.45) is 6.76. The summed E-state index contributed by atoms with van der Waals surface area (Å²) in [5.74, 6) is 1.78. The summed E-state index contributed by atoms with van der Waals surface area (Å²) in [6, 6.07) is 7.32. The Morgan fingerprint density at radius 3 is 2.86 bits per heavy atom. The van der Waals surface area contributed by atoms with Crippen molar-refractivity contribution in [2.45, 2.75) is 32.1 Å². The molecule has 21 heavy (non-hydrogen) atoms. The maximum absolute atomic E-state index is 12.2. The smallest absolute Gasteiger partial charge is 0.238 e. The van der Waals surface area contributed by atoms with Gasteiger partial charge in [-0.25, -0.2) is 0 Å². The fraction of sp³-hybridized carbons (Fsp3) is 0.588. The molecule has 1 N–H and O–H groups in total. The molecule has 1 aliphatic carbocycles. The van der Waals surface area contributed by atoms with E-state index >= 15 is 0 Å². The van der Waals surface area contributed by atoms with Crippen LogP contribution >= 0.6 is 11.6 Å². The summed E-state index contributed by atoms with van der Waals surface area (Å²) in [5, 5.41) is 3.59. The number of nitrogens with zero attached hydrogens (tertiary/aromatic N) is 1. The highest BCUT2D eigenvalue weighted by Crippen LogP contribution is 2.35. The summed E-state index contributed by atoms with van der Waals surface area (Å²) >= 11 is 5.93. The SMILES string of the molecule is O=C(CN1CC[C@@H]2CCCC[C@@H]2C1)Nc1cccc(Cl)c1. The van der Waals surface area contributed by atoms with E-state index in [1.807, 2.05) is 18.2 Å². The number of anilines is 1. The third-order valence-electron chi connectivity index (χ3n) is 4.85. The quantitative estimate of drug-likeness (QED) is 0.921. The van der Waals surface area contributed by atoms with E-state index in [2.05, 4.69) is 10.2 Å². The second-order valence-corrected chi connectivity index (χ2v) is 6.82. The van der Waals surface area contributed by atoms with Gasteiger partial charge < -0.3 is 5.32 Å². The van der Waals surface area contributed by atoms with E-state index in [0.29, 0.717) is 11.6 Å². The van der Waals surface area contributed by atoms with Crippen LogP contribution < -0.4 is 5.32 Å². The second-order valence-electron chi connectivity index (χ2n) is 6.39. The third kappa shape index (κ3) is 3.98. The number of halogens is 1. The topological polar surface area (TPSA) is 32.3 Å². The van der Waals surface area contributed by atoms with Gasteiger partial charge in [-0.05, 0) is 49.4 Å². The fourth-order valence-electron chi connectivity index (χ4n) is 3.79. The lowest BCUT2D eigenvalue weighted by Gasteiger charge is -2.41. The first-order chi connectivity index (χ1) is 10.2. The first-order valence-electron chi connectivity index (χ1n) is 7.98. The zero-order chi connectivity index (χ0) is 14.7. The average molecular weight is 307 g/mol. The molecule has 1 amide bonds. The first-order valence-corrected chi connectivity index (χ1v) is 8.36. The average Bonchev–Trinajstić information content (AvgIpc) is 2.47. The number of carbonyl (C=O) groups is 1. The van der Waals surface area contributed by atoms with Crippen LogP contribution in [-0.4, -0.2) is 30.4 Å². The molecule has 4 heteroatoms. The van der Waals surface area contributed by atoms with E-state index < -0.39 is 0 Å². The lowest BCUT2D eigenvalue weighted by Crippen LogP contribution is -2.44. The van der Waals surface area contributed by atoms with Crippen molar-refractivity contribution in [1.82, 2.24) is 4.90 Å². The van der Waals surface area contributed by atoms with Crippen LogP contribution in [-0.2, 0) is 4.79 Å². The van der Waals surface area contributed by atoms with E-state index in [1.54, 1.807) is 6.07 Å². The molecule has 114 valence electrons. The Bertz CT molecular complexity index is 505. The molecular weight excluding hydrogens is 284 g/mol. The van der Waals surface area contributed by atoms with Gasteiger partial charge in [0.1, 0.15) is 0 Å². The van der Waals surface area contributed by atoms with Crippen LogP contribution in [0.4, 0.5) is 5.69 Å². The Kier molecular flexibility index (Phi) is 4.81. The van der Waals surface area contributed by atoms with Crippen LogP contribution in [0, 0.1) is 11.8 Å². The van der Waals surface area contributed by atoms with Crippen molar-refractivity contribution in [3.8, 4) is 0 Å². The van der Waals surface area contributed by atoms with Crippen molar-refractivity contribution >= 4 is 23.2 Å². The minimum Gasteiger partial charge on any atom is -0.325 e. The van der Waals surface area contributed by atoms with Gasteiger partial charge in [0.2, 0.25) is 5.91 Å². The van der Waals surface area contributed by atoms with E-state index in [0.717, 1.165) is 30.6 Å². The number of hydrogen-bond donors (Lipinski definition) is 1. The number of rotatable bonds is 3. The van der Waals surface area contributed by atoms with Crippen LogP contribution in [0.25, 0.3) is 0 Å². The first kappa shape index (κ1) is 14.9. The summed E-state index contributed by atoms with van der Waals surface area (Å²) < 4.78 is 0. The van der Waals surface area contributed by atoms with Crippen LogP contribution in [0.1, 0.15) is 32.1 Å². The number of benzene rings is 1. The molecule has 2 aliphatic rings. The number of fused-ring (bicyclic) bond motifs is 1. The van der Waals surface area contributed by atoms with Gasteiger partial charge in [-0.1, -0.05) is 36.9 Å². The molecule has 0 unspecified atom stereocenters. The fourth-order valence-corrected chi connectivity index (χ4v) is 3.98. The van der Waals surface area contributed by atoms with Crippen LogP contribution in [0.3, 0.4) is 0 Å². The monoisotopic (exact) mass is 306 g/mol. The Morgan fingerprint density at radius 1 is 1.24 bits per heavy atom. The molecular formula is C17H23ClN2O. The van der Waals surface area contributed by atoms with Gasteiger partial charge >= 0.3 is 0 Å². The zero-order valence-corrected chi connectivity index (χ0v) is 13.1. The molecule has 2 fully saturated rings. The molecule has 1 aliphatic heterocycles. The van der Waals surface area contributed by atoms with Gasteiger partial charge in [0.05, 0.1) is 6.54 Å². The molecule has 0 radical (unpaired) electrons. The Hall–Kier alpha value is -1.06. The zero-order valence-electron chi connectivity index (χ0n) is 12.4. The van der Waals surface area contributed by atoms with Gasteiger partial charge in [0, 0.05) is 17.3 Å². The molecule has 3 rings (SSSR count). The Labute approximate surface area is 131 Å². The number of amides is 1. The molecule has 1 saturated heterocycles. The van der Waals surface area contributed by atoms with Gasteiger partial charge in [0.15, 0.2) is 0 Å². The van der Waals surface area contributed by atoms with Gasteiger partial charge in [-0.3, -0.25) is 9.69 Å². The molecule has 1 aromatic rings. The highest BCUT2D eigenvalue weighted by Gasteiger charge is 2.31. The minimum absolute atomic E-state index is 0.0616. The summed E-state index contributed by atoms with van der Waals surface area (Å²) in [4.78, 5) is 14.5. The lowest BCUT2D eigenvalue weighted by atomic mass is 9.75. The van der Waals surface area contributed by atoms with Crippen molar-refractivity contribution in [2.75, 3.05) is 25.0 Å². The normalized spacial score (nSPS) is 26.1. The van der Waals surface area contributed by atoms with Crippen molar-refractivity contribution in [3.05, 3.63) is 29.3 Å². The van der Waals surface area contributed by atoms with Crippen molar-refractivity contribution in [1.29, 1.82) is 0 Å². The molecule has 1 saturated carbocycles. The molecule has 0 aromatic heterocycles. The van der Waals surface area contributed by atoms with E-state index in [-0.39, 0.29) is 5.91 Å². The largest absolute Gasteiger partial charge is 0.325 e. The Balaban J connectivity index is 1.51. The second kappa shape index (κ2) is 6.80. The minimum atomic E-state index is 0.0616. The third-order valence-corrected chi connectivity index (χ3v) is 5.09. The number of hydrogen-bond acceptors (Lipinski definition) is 2. The highest BCUT2D eigenvalue weighted by molar-refractivity contribution is 6.30.